The molecule has 0 radical (unpaired) electrons. The minimum absolute atomic E-state index is 0.0487. The molecule has 3 N–H and O–H groups in total. The summed E-state index contributed by atoms with van der Waals surface area (Å²) in [5, 5.41) is 16.4. The van der Waals surface area contributed by atoms with Gasteiger partial charge in [0.05, 0.1) is 5.69 Å². The number of nitrogens with one attached hydrogen (secondary N) is 3. The molecular formula is C21H24N8OS. The molecule has 1 aliphatic heterocycles. The summed E-state index contributed by atoms with van der Waals surface area (Å²) in [4.78, 5) is 28.9. The van der Waals surface area contributed by atoms with E-state index in [4.69, 9.17) is 9.97 Å². The number of aromatic nitrogens is 5. The number of fused-ring (bicyclic) bond motifs is 1. The number of hydrogen-bond acceptors (Lipinski definition) is 8. The van der Waals surface area contributed by atoms with Crippen LogP contribution in [0.2, 0.25) is 0 Å². The summed E-state index contributed by atoms with van der Waals surface area (Å²) in [5.74, 6) is 2.80. The van der Waals surface area contributed by atoms with Crippen molar-refractivity contribution in [1.82, 2.24) is 25.1 Å². The van der Waals surface area contributed by atoms with Crippen molar-refractivity contribution >= 4 is 40.0 Å². The third-order valence-electron chi connectivity index (χ3n) is 6.26. The first-order valence-corrected chi connectivity index (χ1v) is 11.8. The Kier molecular flexibility index (Phi) is 4.59. The first-order chi connectivity index (χ1) is 15.2. The van der Waals surface area contributed by atoms with Crippen molar-refractivity contribution in [2.24, 2.45) is 0 Å². The minimum Gasteiger partial charge on any atom is -0.329 e. The van der Waals surface area contributed by atoms with Crippen molar-refractivity contribution in [2.75, 3.05) is 22.1 Å². The Hall–Kier alpha value is -3.01. The zero-order chi connectivity index (χ0) is 20.8. The molecule has 0 bridgehead atoms. The number of aromatic amines is 1. The highest BCUT2D eigenvalue weighted by atomic mass is 32.1. The first-order valence-electron chi connectivity index (χ1n) is 10.9. The van der Waals surface area contributed by atoms with E-state index in [0.717, 1.165) is 56.0 Å². The lowest BCUT2D eigenvalue weighted by molar-refractivity contribution is -0.117. The van der Waals surface area contributed by atoms with Crippen molar-refractivity contribution < 1.29 is 4.79 Å². The Labute approximate surface area is 183 Å². The van der Waals surface area contributed by atoms with Gasteiger partial charge in [0.1, 0.15) is 11.9 Å². The molecule has 6 rings (SSSR count). The molecule has 3 aromatic heterocycles. The number of hydrogen-bond donors (Lipinski definition) is 3. The number of thiazole rings is 1. The third kappa shape index (κ3) is 3.65. The molecule has 2 aliphatic carbocycles. The number of carbonyl (C=O) groups excluding carboxylic acids is 1. The van der Waals surface area contributed by atoms with Gasteiger partial charge in [0.2, 0.25) is 11.9 Å². The fourth-order valence-corrected chi connectivity index (χ4v) is 5.06. The number of rotatable bonds is 6. The van der Waals surface area contributed by atoms with E-state index in [9.17, 15) is 4.79 Å². The number of anilines is 4. The maximum Gasteiger partial charge on any atom is 0.248 e. The molecule has 1 saturated carbocycles. The van der Waals surface area contributed by atoms with Gasteiger partial charge in [-0.25, -0.2) is 9.97 Å². The molecule has 2 fully saturated rings. The number of nitrogens with zero attached hydrogens (tertiary/aromatic N) is 5. The van der Waals surface area contributed by atoms with Gasteiger partial charge in [-0.3, -0.25) is 9.89 Å². The molecular weight excluding hydrogens is 412 g/mol. The van der Waals surface area contributed by atoms with Crippen LogP contribution in [0.3, 0.4) is 0 Å². The van der Waals surface area contributed by atoms with Crippen LogP contribution >= 0.6 is 11.3 Å². The van der Waals surface area contributed by atoms with Gasteiger partial charge in [0, 0.05) is 41.4 Å². The summed E-state index contributed by atoms with van der Waals surface area (Å²) >= 11 is 1.42. The molecule has 31 heavy (non-hydrogen) atoms. The van der Waals surface area contributed by atoms with Gasteiger partial charge in [0.15, 0.2) is 10.9 Å². The van der Waals surface area contributed by atoms with Crippen molar-refractivity contribution in [3.05, 3.63) is 34.6 Å². The largest absolute Gasteiger partial charge is 0.329 e. The molecule has 1 atom stereocenters. The van der Waals surface area contributed by atoms with E-state index < -0.39 is 0 Å². The second-order valence-electron chi connectivity index (χ2n) is 8.44. The normalized spacial score (nSPS) is 20.1. The topological polar surface area (TPSA) is 112 Å². The van der Waals surface area contributed by atoms with Crippen LogP contribution < -0.4 is 15.5 Å². The SMILES string of the molecule is O=C(Nc1nccs1)[C@H]1CCCN1c1nc2c(c(Nc3cc(C4CC4)[nH]n3)n1)CCC2. The second kappa shape index (κ2) is 7.60. The number of carbonyl (C=O) groups is 1. The van der Waals surface area contributed by atoms with E-state index in [1.807, 2.05) is 10.3 Å². The van der Waals surface area contributed by atoms with Gasteiger partial charge in [-0.1, -0.05) is 0 Å². The van der Waals surface area contributed by atoms with Crippen LogP contribution in [0.15, 0.2) is 17.6 Å². The monoisotopic (exact) mass is 436 g/mol. The summed E-state index contributed by atoms with van der Waals surface area (Å²) in [6, 6.07) is 1.80. The Morgan fingerprint density at radius 1 is 1.19 bits per heavy atom. The van der Waals surface area contributed by atoms with Crippen molar-refractivity contribution in [3.63, 3.8) is 0 Å². The Morgan fingerprint density at radius 2 is 2.13 bits per heavy atom. The van der Waals surface area contributed by atoms with Crippen LogP contribution in [0.4, 0.5) is 22.7 Å². The zero-order valence-corrected chi connectivity index (χ0v) is 17.9. The molecule has 160 valence electrons. The van der Waals surface area contributed by atoms with Gasteiger partial charge in [-0.15, -0.1) is 11.3 Å². The lowest BCUT2D eigenvalue weighted by atomic mass is 10.2. The van der Waals surface area contributed by atoms with Gasteiger partial charge in [-0.2, -0.15) is 10.1 Å². The predicted molar refractivity (Wildman–Crippen MR) is 119 cm³/mol. The highest BCUT2D eigenvalue weighted by Gasteiger charge is 2.34. The average Bonchev–Trinajstić information content (AvgIpc) is 3.27. The molecule has 0 aromatic carbocycles. The van der Waals surface area contributed by atoms with E-state index in [1.54, 1.807) is 6.20 Å². The quantitative estimate of drug-likeness (QED) is 0.543. The zero-order valence-electron chi connectivity index (χ0n) is 17.1. The van der Waals surface area contributed by atoms with E-state index in [0.29, 0.717) is 17.0 Å². The van der Waals surface area contributed by atoms with Crippen LogP contribution in [0.25, 0.3) is 0 Å². The first kappa shape index (κ1) is 18.7. The molecule has 1 saturated heterocycles. The molecule has 0 spiro atoms. The van der Waals surface area contributed by atoms with Crippen molar-refractivity contribution in [1.29, 1.82) is 0 Å². The molecule has 4 heterocycles. The van der Waals surface area contributed by atoms with E-state index in [2.05, 4.69) is 31.9 Å². The summed E-state index contributed by atoms with van der Waals surface area (Å²) in [5.41, 5.74) is 3.44. The molecule has 9 nitrogen and oxygen atoms in total. The fourth-order valence-electron chi connectivity index (χ4n) is 4.53. The number of H-pyrrole nitrogens is 1. The highest BCUT2D eigenvalue weighted by molar-refractivity contribution is 7.13. The Bertz CT molecular complexity index is 1110. The Morgan fingerprint density at radius 3 is 2.97 bits per heavy atom. The molecule has 3 aliphatic rings. The molecule has 0 unspecified atom stereocenters. The predicted octanol–water partition coefficient (Wildman–Crippen LogP) is 3.37. The third-order valence-corrected chi connectivity index (χ3v) is 6.95. The smallest absolute Gasteiger partial charge is 0.248 e. The van der Waals surface area contributed by atoms with Crippen LogP contribution in [0.1, 0.15) is 55.0 Å². The summed E-state index contributed by atoms with van der Waals surface area (Å²) < 4.78 is 0. The van der Waals surface area contributed by atoms with Gasteiger partial charge in [-0.05, 0) is 44.9 Å². The van der Waals surface area contributed by atoms with Gasteiger partial charge in [0.25, 0.3) is 0 Å². The average molecular weight is 437 g/mol. The molecule has 1 amide bonds. The Balaban J connectivity index is 1.27. The van der Waals surface area contributed by atoms with Crippen molar-refractivity contribution in [3.8, 4) is 0 Å². The van der Waals surface area contributed by atoms with Gasteiger partial charge < -0.3 is 15.5 Å². The van der Waals surface area contributed by atoms with Crippen LogP contribution in [0.5, 0.6) is 0 Å². The van der Waals surface area contributed by atoms with Crippen molar-refractivity contribution in [2.45, 2.75) is 56.9 Å². The van der Waals surface area contributed by atoms with E-state index in [-0.39, 0.29) is 11.9 Å². The minimum atomic E-state index is -0.289. The molecule has 3 aromatic rings. The van der Waals surface area contributed by atoms with Gasteiger partial charge >= 0.3 is 0 Å². The highest BCUT2D eigenvalue weighted by Crippen LogP contribution is 2.40. The molecule has 10 heteroatoms. The van der Waals surface area contributed by atoms with Crippen LogP contribution in [0, 0.1) is 0 Å². The lowest BCUT2D eigenvalue weighted by Crippen LogP contribution is -2.40. The van der Waals surface area contributed by atoms with Crippen LogP contribution in [-0.2, 0) is 17.6 Å². The summed E-state index contributed by atoms with van der Waals surface area (Å²) in [6.45, 7) is 0.766. The van der Waals surface area contributed by atoms with E-state index >= 15 is 0 Å². The lowest BCUT2D eigenvalue weighted by Gasteiger charge is -2.24. The number of amides is 1. The van der Waals surface area contributed by atoms with Crippen LogP contribution in [-0.4, -0.2) is 43.6 Å². The maximum atomic E-state index is 12.9. The maximum absolute atomic E-state index is 12.9. The second-order valence-corrected chi connectivity index (χ2v) is 9.33. The van der Waals surface area contributed by atoms with E-state index in [1.165, 1.54) is 35.4 Å². The number of aryl methyl sites for hydroxylation is 1. The summed E-state index contributed by atoms with van der Waals surface area (Å²) in [7, 11) is 0. The summed E-state index contributed by atoms with van der Waals surface area (Å²) in [6.07, 6.45) is 8.85. The fraction of sp³-hybridized carbons (Fsp3) is 0.476. The standard InChI is InChI=1S/C21H24N8OS/c30-19(26-21-22-8-10-31-21)16-5-2-9-29(16)20-23-14-4-1-3-13(14)18(25-20)24-17-11-15(27-28-17)12-6-7-12/h8,10-12,16H,1-7,9H2,(H,22,26,30)(H2,23,24,25,27,28)/t16-/m1/s1.